The number of carbonyl (C=O) groups is 1. The predicted octanol–water partition coefficient (Wildman–Crippen LogP) is 3.43. The maximum absolute atomic E-state index is 13.1. The summed E-state index contributed by atoms with van der Waals surface area (Å²) in [4.78, 5) is 13.2. The van der Waals surface area contributed by atoms with Crippen LogP contribution in [0.5, 0.6) is 17.2 Å². The molecule has 1 fully saturated rings. The van der Waals surface area contributed by atoms with Crippen LogP contribution in [0.3, 0.4) is 0 Å². The lowest BCUT2D eigenvalue weighted by atomic mass is 10.1. The normalized spacial score (nSPS) is 21.1. The van der Waals surface area contributed by atoms with Crippen molar-refractivity contribution in [1.29, 1.82) is 0 Å². The Morgan fingerprint density at radius 2 is 1.78 bits per heavy atom. The summed E-state index contributed by atoms with van der Waals surface area (Å²) in [6.07, 6.45) is 1.29. The maximum Gasteiger partial charge on any atom is 0.269 e. The number of ether oxygens (including phenoxy) is 3. The third-order valence-corrected chi connectivity index (χ3v) is 7.46. The largest absolute Gasteiger partial charge is 0.492 e. The zero-order chi connectivity index (χ0) is 22.7. The first-order chi connectivity index (χ1) is 15.4. The highest BCUT2D eigenvalue weighted by atomic mass is 32.2. The minimum atomic E-state index is -3.66. The molecule has 2 unspecified atom stereocenters. The molecule has 2 aliphatic rings. The molecule has 2 aromatic rings. The quantitative estimate of drug-likeness (QED) is 0.710. The Labute approximate surface area is 188 Å². The monoisotopic (exact) mass is 460 g/mol. The lowest BCUT2D eigenvalue weighted by molar-refractivity contribution is -0.128. The number of nitrogens with one attached hydrogen (secondary N) is 1. The topological polar surface area (TPSA) is 94.2 Å². The molecule has 2 atom stereocenters. The van der Waals surface area contributed by atoms with Crippen LogP contribution in [0, 0.1) is 0 Å². The van der Waals surface area contributed by atoms with Gasteiger partial charge in [0, 0.05) is 13.1 Å². The van der Waals surface area contributed by atoms with Crippen molar-refractivity contribution in [3.05, 3.63) is 42.5 Å². The van der Waals surface area contributed by atoms with E-state index in [0.717, 1.165) is 19.3 Å². The molecule has 1 N–H and O–H groups in total. The Morgan fingerprint density at radius 1 is 1.09 bits per heavy atom. The van der Waals surface area contributed by atoms with Gasteiger partial charge in [0.1, 0.15) is 11.9 Å². The van der Waals surface area contributed by atoms with Crippen molar-refractivity contribution in [2.24, 2.45) is 0 Å². The van der Waals surface area contributed by atoms with Crippen LogP contribution in [-0.4, -0.2) is 50.5 Å². The molecule has 32 heavy (non-hydrogen) atoms. The van der Waals surface area contributed by atoms with Crippen molar-refractivity contribution < 1.29 is 27.4 Å². The summed E-state index contributed by atoms with van der Waals surface area (Å²) < 4.78 is 45.0. The molecule has 1 saturated heterocycles. The molecule has 4 rings (SSSR count). The summed E-state index contributed by atoms with van der Waals surface area (Å²) in [5.41, 5.74) is 0.282. The van der Waals surface area contributed by atoms with Crippen LogP contribution in [-0.2, 0) is 14.8 Å². The summed E-state index contributed by atoms with van der Waals surface area (Å²) in [6, 6.07) is 11.7. The van der Waals surface area contributed by atoms with Crippen LogP contribution in [0.1, 0.15) is 33.1 Å². The SMILES string of the molecule is CCOc1ccc(S(=O)(=O)N2CCCCC2)cc1NC(=O)C1Oc2ccccc2OC1C. The van der Waals surface area contributed by atoms with E-state index in [-0.39, 0.29) is 10.6 Å². The van der Waals surface area contributed by atoms with Crippen LogP contribution in [0.2, 0.25) is 0 Å². The number of piperidine rings is 1. The number of benzene rings is 2. The Hall–Kier alpha value is -2.78. The number of carbonyl (C=O) groups excluding carboxylic acids is 1. The van der Waals surface area contributed by atoms with Gasteiger partial charge < -0.3 is 19.5 Å². The van der Waals surface area contributed by atoms with E-state index in [2.05, 4.69) is 5.32 Å². The lowest BCUT2D eigenvalue weighted by Gasteiger charge is -2.31. The molecule has 0 saturated carbocycles. The first-order valence-electron chi connectivity index (χ1n) is 10.9. The van der Waals surface area contributed by atoms with Gasteiger partial charge in [-0.15, -0.1) is 0 Å². The summed E-state index contributed by atoms with van der Waals surface area (Å²) in [5.74, 6) is 1.01. The molecule has 0 aliphatic carbocycles. The second kappa shape index (κ2) is 9.38. The van der Waals surface area contributed by atoms with Gasteiger partial charge in [-0.1, -0.05) is 18.6 Å². The molecular weight excluding hydrogens is 432 g/mol. The zero-order valence-corrected chi connectivity index (χ0v) is 19.1. The lowest BCUT2D eigenvalue weighted by Crippen LogP contribution is -2.46. The van der Waals surface area contributed by atoms with E-state index >= 15 is 0 Å². The zero-order valence-electron chi connectivity index (χ0n) is 18.2. The Bertz CT molecular complexity index is 1080. The van der Waals surface area contributed by atoms with Crippen LogP contribution in [0.4, 0.5) is 5.69 Å². The fourth-order valence-electron chi connectivity index (χ4n) is 3.91. The number of rotatable bonds is 6. The third kappa shape index (κ3) is 4.54. The third-order valence-electron chi connectivity index (χ3n) is 5.56. The molecular formula is C23H28N2O6S. The van der Waals surface area contributed by atoms with E-state index in [4.69, 9.17) is 14.2 Å². The second-order valence-corrected chi connectivity index (χ2v) is 9.79. The summed E-state index contributed by atoms with van der Waals surface area (Å²) >= 11 is 0. The fourth-order valence-corrected chi connectivity index (χ4v) is 5.46. The number of amides is 1. The van der Waals surface area contributed by atoms with Gasteiger partial charge in [0.05, 0.1) is 17.2 Å². The molecule has 2 aromatic carbocycles. The van der Waals surface area contributed by atoms with E-state index in [9.17, 15) is 13.2 Å². The second-order valence-electron chi connectivity index (χ2n) is 7.85. The predicted molar refractivity (Wildman–Crippen MR) is 120 cm³/mol. The van der Waals surface area contributed by atoms with E-state index in [1.165, 1.54) is 16.4 Å². The van der Waals surface area contributed by atoms with Crippen molar-refractivity contribution >= 4 is 21.6 Å². The first-order valence-corrected chi connectivity index (χ1v) is 12.3. The minimum Gasteiger partial charge on any atom is -0.492 e. The van der Waals surface area contributed by atoms with Gasteiger partial charge in [-0.05, 0) is 57.0 Å². The number of para-hydroxylation sites is 2. The van der Waals surface area contributed by atoms with Crippen LogP contribution in [0.25, 0.3) is 0 Å². The summed E-state index contributed by atoms with van der Waals surface area (Å²) in [5, 5.41) is 2.79. The summed E-state index contributed by atoms with van der Waals surface area (Å²) in [7, 11) is -3.66. The number of sulfonamides is 1. The van der Waals surface area contributed by atoms with Crippen molar-refractivity contribution in [1.82, 2.24) is 4.31 Å². The number of hydrogen-bond donors (Lipinski definition) is 1. The van der Waals surface area contributed by atoms with Crippen molar-refractivity contribution in [2.45, 2.75) is 50.2 Å². The summed E-state index contributed by atoms with van der Waals surface area (Å²) in [6.45, 7) is 4.94. The van der Waals surface area contributed by atoms with Crippen LogP contribution >= 0.6 is 0 Å². The van der Waals surface area contributed by atoms with E-state index in [0.29, 0.717) is 36.9 Å². The highest BCUT2D eigenvalue weighted by Crippen LogP contribution is 2.35. The average Bonchev–Trinajstić information content (AvgIpc) is 2.80. The standard InChI is InChI=1S/C23H28N2O6S/c1-3-29-19-12-11-17(32(27,28)25-13-7-4-8-14-25)15-18(19)24-23(26)22-16(2)30-20-9-5-6-10-21(20)31-22/h5-6,9-12,15-16,22H,3-4,7-8,13-14H2,1-2H3,(H,24,26). The van der Waals surface area contributed by atoms with Gasteiger partial charge in [-0.25, -0.2) is 8.42 Å². The number of hydrogen-bond acceptors (Lipinski definition) is 6. The highest BCUT2D eigenvalue weighted by Gasteiger charge is 2.35. The highest BCUT2D eigenvalue weighted by molar-refractivity contribution is 7.89. The van der Waals surface area contributed by atoms with Gasteiger partial charge >= 0.3 is 0 Å². The number of nitrogens with zero attached hydrogens (tertiary/aromatic N) is 1. The van der Waals surface area contributed by atoms with Crippen LogP contribution < -0.4 is 19.5 Å². The van der Waals surface area contributed by atoms with Crippen molar-refractivity contribution in [3.63, 3.8) is 0 Å². The van der Waals surface area contributed by atoms with E-state index < -0.39 is 28.1 Å². The molecule has 0 bridgehead atoms. The number of fused-ring (bicyclic) bond motifs is 1. The first kappa shape index (κ1) is 22.4. The van der Waals surface area contributed by atoms with Crippen LogP contribution in [0.15, 0.2) is 47.4 Å². The fraction of sp³-hybridized carbons (Fsp3) is 0.435. The molecule has 9 heteroatoms. The Kier molecular flexibility index (Phi) is 6.57. The molecule has 1 amide bonds. The molecule has 2 aliphatic heterocycles. The molecule has 0 radical (unpaired) electrons. The van der Waals surface area contributed by atoms with Gasteiger partial charge in [0.15, 0.2) is 11.5 Å². The number of anilines is 1. The minimum absolute atomic E-state index is 0.123. The average molecular weight is 461 g/mol. The molecule has 0 aromatic heterocycles. The Morgan fingerprint density at radius 3 is 2.47 bits per heavy atom. The maximum atomic E-state index is 13.1. The van der Waals surface area contributed by atoms with Crippen molar-refractivity contribution in [3.8, 4) is 17.2 Å². The van der Waals surface area contributed by atoms with Gasteiger partial charge in [0.25, 0.3) is 5.91 Å². The Balaban J connectivity index is 1.59. The molecule has 0 spiro atoms. The molecule has 8 nitrogen and oxygen atoms in total. The smallest absolute Gasteiger partial charge is 0.269 e. The molecule has 172 valence electrons. The van der Waals surface area contributed by atoms with Crippen molar-refractivity contribution in [2.75, 3.05) is 25.0 Å². The van der Waals surface area contributed by atoms with E-state index in [1.54, 1.807) is 31.2 Å². The molecule has 2 heterocycles. The van der Waals surface area contributed by atoms with Gasteiger partial charge in [-0.3, -0.25) is 4.79 Å². The van der Waals surface area contributed by atoms with Gasteiger partial charge in [-0.2, -0.15) is 4.31 Å². The van der Waals surface area contributed by atoms with Gasteiger partial charge in [0.2, 0.25) is 16.1 Å². The van der Waals surface area contributed by atoms with E-state index in [1.807, 2.05) is 13.0 Å².